The molecule has 0 bridgehead atoms. The fourth-order valence-electron chi connectivity index (χ4n) is 1.87. The first-order valence-electron chi connectivity index (χ1n) is 11.7. The molecule has 2 N–H and O–H groups in total. The van der Waals surface area contributed by atoms with Crippen molar-refractivity contribution < 1.29 is 24.7 Å². The van der Waals surface area contributed by atoms with Gasteiger partial charge in [-0.1, -0.05) is 6.04 Å². The Kier molecular flexibility index (Phi) is 1.65. The molecule has 5 heteroatoms. The molecule has 0 spiro atoms. The average Bonchev–Trinajstić information content (AvgIpc) is 3.00. The summed E-state index contributed by atoms with van der Waals surface area (Å²) in [5, 5.41) is -0.172. The second-order valence-corrected chi connectivity index (χ2v) is 4.71. The zero-order valence-corrected chi connectivity index (χ0v) is 11.6. The minimum atomic E-state index is -2.95. The summed E-state index contributed by atoms with van der Waals surface area (Å²) in [5.41, 5.74) is -0.673. The lowest BCUT2D eigenvalue weighted by Gasteiger charge is -2.09. The topological polar surface area (TPSA) is 57.4 Å². The number of nitrogens with one attached hydrogen (secondary N) is 2. The van der Waals surface area contributed by atoms with Crippen LogP contribution in [0, 0.1) is 0 Å². The maximum atomic E-state index is 11.7. The molecule has 1 aromatic carbocycles. The van der Waals surface area contributed by atoms with Gasteiger partial charge in [-0.15, -0.1) is 0 Å². The first kappa shape index (κ1) is 6.01. The lowest BCUT2D eigenvalue weighted by Crippen LogP contribution is -2.28. The number of aromatic nitrogens is 1. The van der Waals surface area contributed by atoms with Gasteiger partial charge in [-0.2, -0.15) is 0 Å². The van der Waals surface area contributed by atoms with Crippen molar-refractivity contribution in [3.05, 3.63) is 35.4 Å². The number of H-pyrrole nitrogens is 1. The Hall–Kier alpha value is -2.01. The van der Waals surface area contributed by atoms with E-state index >= 15 is 0 Å². The molecular formula is C16H21N3O2. The molecule has 2 heterocycles. The number of amides is 1. The summed E-state index contributed by atoms with van der Waals surface area (Å²) < 4.78 is 94.1. The van der Waals surface area contributed by atoms with E-state index in [0.717, 1.165) is 0 Å². The Morgan fingerprint density at radius 3 is 3.24 bits per heavy atom. The number of likely N-dealkylation sites (N-methyl/N-ethyl adjacent to an activating group) is 1. The molecule has 3 rings (SSSR count). The van der Waals surface area contributed by atoms with Gasteiger partial charge in [0.25, 0.3) is 0 Å². The number of fused-ring (bicyclic) bond motifs is 1. The van der Waals surface area contributed by atoms with Crippen LogP contribution in [0.15, 0.2) is 24.3 Å². The fourth-order valence-corrected chi connectivity index (χ4v) is 1.87. The van der Waals surface area contributed by atoms with Crippen LogP contribution in [0.5, 0.6) is 0 Å². The molecule has 0 aliphatic carbocycles. The van der Waals surface area contributed by atoms with Crippen molar-refractivity contribution in [2.45, 2.75) is 18.9 Å². The molecular weight excluding hydrogens is 266 g/mol. The van der Waals surface area contributed by atoms with Crippen molar-refractivity contribution in [3.8, 4) is 0 Å². The van der Waals surface area contributed by atoms with Gasteiger partial charge < -0.3 is 19.9 Å². The zero-order valence-electron chi connectivity index (χ0n) is 22.6. The van der Waals surface area contributed by atoms with E-state index in [1.807, 2.05) is 0 Å². The largest absolute Gasteiger partial charge is 0.447 e. The molecule has 0 saturated carbocycles. The van der Waals surface area contributed by atoms with E-state index < -0.39 is 62.3 Å². The highest BCUT2D eigenvalue weighted by Crippen LogP contribution is 2.21. The zero-order chi connectivity index (χ0) is 24.5. The Morgan fingerprint density at radius 1 is 1.67 bits per heavy atom. The van der Waals surface area contributed by atoms with Crippen LogP contribution in [0.3, 0.4) is 0 Å². The van der Waals surface area contributed by atoms with Crippen LogP contribution in [0.1, 0.15) is 23.5 Å². The van der Waals surface area contributed by atoms with Gasteiger partial charge in [0.15, 0.2) is 2.82 Å². The van der Waals surface area contributed by atoms with E-state index in [2.05, 4.69) is 4.74 Å². The number of cyclic esters (lactones) is 1. The highest BCUT2D eigenvalue weighted by Gasteiger charge is 2.22. The summed E-state index contributed by atoms with van der Waals surface area (Å²) in [6.07, 6.45) is -3.14. The van der Waals surface area contributed by atoms with Crippen LogP contribution >= 0.6 is 0 Å². The summed E-state index contributed by atoms with van der Waals surface area (Å²) in [7, 11) is 2.94. The number of alkyl carbamates (subject to hydrolysis) is 1. The normalized spacial score (nSPS) is 32.8. The Bertz CT molecular complexity index is 1120. The highest BCUT2D eigenvalue weighted by atomic mass is 16.6. The van der Waals surface area contributed by atoms with Crippen molar-refractivity contribution in [1.29, 1.82) is 0 Å². The maximum Gasteiger partial charge on any atom is 0.407 e. The lowest BCUT2D eigenvalue weighted by molar-refractivity contribution is 0.177. The van der Waals surface area contributed by atoms with Gasteiger partial charge in [-0.25, -0.2) is 4.79 Å². The third-order valence-corrected chi connectivity index (χ3v) is 2.85. The number of aromatic amines is 1. The van der Waals surface area contributed by atoms with Gasteiger partial charge in [0.2, 0.25) is 0 Å². The molecule has 2 aromatic rings. The van der Waals surface area contributed by atoms with Gasteiger partial charge in [-0.05, 0) is 50.1 Å². The SMILES string of the molecule is [2H]c1c(C[C@]2([2H])N([2H])C(=O)OC2([2H])[2H])c([2H])c2c(CC([2H])([2H])N(C)C)c([2H])n([2H])c2c1[2H]. The van der Waals surface area contributed by atoms with Crippen molar-refractivity contribution in [2.75, 3.05) is 27.2 Å². The summed E-state index contributed by atoms with van der Waals surface area (Å²) in [6, 6.07) is -4.36. The Labute approximate surface area is 139 Å². The number of carbonyl (C=O) groups is 1. The summed E-state index contributed by atoms with van der Waals surface area (Å²) in [5.74, 6) is 0. The summed E-state index contributed by atoms with van der Waals surface area (Å²) >= 11 is 0. The van der Waals surface area contributed by atoms with Crippen LogP contribution in [0.25, 0.3) is 10.9 Å². The van der Waals surface area contributed by atoms with E-state index in [-0.39, 0.29) is 27.3 Å². The van der Waals surface area contributed by atoms with E-state index in [9.17, 15) is 4.79 Å². The van der Waals surface area contributed by atoms with Crippen molar-refractivity contribution >= 4 is 17.0 Å². The molecule has 5 nitrogen and oxygen atoms in total. The Balaban J connectivity index is 2.29. The molecule has 1 fully saturated rings. The minimum absolute atomic E-state index is 0.0309. The molecule has 112 valence electrons. The Morgan fingerprint density at radius 2 is 2.52 bits per heavy atom. The van der Waals surface area contributed by atoms with Gasteiger partial charge in [0.05, 0.1) is 15.6 Å². The number of benzene rings is 1. The molecule has 0 unspecified atom stereocenters. The predicted molar refractivity (Wildman–Crippen MR) is 82.5 cm³/mol. The van der Waals surface area contributed by atoms with Gasteiger partial charge >= 0.3 is 6.09 Å². The number of hydrogen-bond acceptors (Lipinski definition) is 3. The van der Waals surface area contributed by atoms with Crippen molar-refractivity contribution in [2.24, 2.45) is 0 Å². The summed E-state index contributed by atoms with van der Waals surface area (Å²) in [4.78, 5) is 13.5. The quantitative estimate of drug-likeness (QED) is 0.887. The highest BCUT2D eigenvalue weighted by molar-refractivity contribution is 5.84. The lowest BCUT2D eigenvalue weighted by atomic mass is 10.0. The van der Waals surface area contributed by atoms with Gasteiger partial charge in [-0.3, -0.25) is 0 Å². The van der Waals surface area contributed by atoms with Crippen LogP contribution in [0.2, 0.25) is 2.82 Å². The van der Waals surface area contributed by atoms with E-state index in [4.69, 9.17) is 15.2 Å². The monoisotopic (exact) mass is 298 g/mol. The molecule has 0 radical (unpaired) electrons. The number of ether oxygens (including phenoxy) is 1. The van der Waals surface area contributed by atoms with Crippen molar-refractivity contribution in [1.82, 2.24) is 15.2 Å². The third kappa shape index (κ3) is 3.19. The van der Waals surface area contributed by atoms with E-state index in [0.29, 0.717) is 4.98 Å². The molecule has 1 aliphatic rings. The number of carbonyl (C=O) groups excluding carboxylic acids is 1. The van der Waals surface area contributed by atoms with E-state index in [1.165, 1.54) is 19.0 Å². The molecule has 1 aliphatic heterocycles. The fraction of sp³-hybridized carbons (Fsp3) is 0.438. The molecule has 1 saturated heterocycles. The minimum Gasteiger partial charge on any atom is -0.447 e. The second-order valence-electron chi connectivity index (χ2n) is 4.71. The second kappa shape index (κ2) is 5.77. The van der Waals surface area contributed by atoms with Crippen LogP contribution in [-0.2, 0) is 17.6 Å². The third-order valence-electron chi connectivity index (χ3n) is 2.85. The first-order chi connectivity index (χ1) is 14.5. The first-order valence-corrected chi connectivity index (χ1v) is 6.29. The number of aryl methyl sites for hydroxylation is 1. The predicted octanol–water partition coefficient (Wildman–Crippen LogP) is 1.92. The molecule has 21 heavy (non-hydrogen) atoms. The molecule has 1 amide bonds. The molecule has 1 aromatic heterocycles. The van der Waals surface area contributed by atoms with Crippen molar-refractivity contribution in [3.63, 3.8) is 0 Å². The van der Waals surface area contributed by atoms with Gasteiger partial charge in [0, 0.05) is 26.3 Å². The number of rotatable bonds is 5. The van der Waals surface area contributed by atoms with Crippen LogP contribution in [0.4, 0.5) is 4.79 Å². The molecule has 1 atom stereocenters. The smallest absolute Gasteiger partial charge is 0.407 e. The maximum absolute atomic E-state index is 11.7. The number of hydrogen-bond donors (Lipinski definition) is 2. The average molecular weight is 298 g/mol. The number of nitrogens with zero attached hydrogens (tertiary/aromatic N) is 1. The van der Waals surface area contributed by atoms with Gasteiger partial charge in [0.1, 0.15) is 6.56 Å². The van der Waals surface area contributed by atoms with E-state index in [1.54, 1.807) is 0 Å². The van der Waals surface area contributed by atoms with Crippen LogP contribution < -0.4 is 5.31 Å². The standard InChI is InChI=1S/C16H21N3O2/c1-19(2)6-5-12-9-17-15-4-3-11(8-14(12)15)7-13-10-21-16(20)18-13/h3-4,8-9,13,17H,5-7,10H2,1-2H3,(H,18,20)/t13-/m0/s1/i3D,4D,6D2,8D,9D,10D2,13D/hD2. The summed E-state index contributed by atoms with van der Waals surface area (Å²) in [6.45, 7) is -4.93. The van der Waals surface area contributed by atoms with Crippen LogP contribution in [-0.4, -0.2) is 49.1 Å².